The van der Waals surface area contributed by atoms with Gasteiger partial charge in [-0.25, -0.2) is 0 Å². The Kier molecular flexibility index (Phi) is 3.28. The van der Waals surface area contributed by atoms with Crippen molar-refractivity contribution >= 4 is 21.5 Å². The van der Waals surface area contributed by atoms with Gasteiger partial charge < -0.3 is 4.74 Å². The van der Waals surface area contributed by atoms with Gasteiger partial charge in [0.25, 0.3) is 0 Å². The monoisotopic (exact) mass is 351 g/mol. The van der Waals surface area contributed by atoms with E-state index in [1.54, 1.807) is 0 Å². The summed E-state index contributed by atoms with van der Waals surface area (Å²) in [6, 6.07) is 16.9. The number of ether oxygens (including phenoxy) is 1. The molecule has 3 heteroatoms. The number of para-hydroxylation sites is 1. The van der Waals surface area contributed by atoms with Crippen molar-refractivity contribution in [1.82, 2.24) is 0 Å². The van der Waals surface area contributed by atoms with Crippen LogP contribution in [0.3, 0.4) is 0 Å². The van der Waals surface area contributed by atoms with E-state index in [1.165, 1.54) is 22.3 Å². The van der Waals surface area contributed by atoms with Gasteiger partial charge in [0.1, 0.15) is 12.4 Å². The van der Waals surface area contributed by atoms with Crippen LogP contribution in [0.15, 0.2) is 52.5 Å². The van der Waals surface area contributed by atoms with Gasteiger partial charge >= 0.3 is 0 Å². The zero-order valence-corrected chi connectivity index (χ0v) is 13.6. The largest absolute Gasteiger partial charge is 0.488 e. The van der Waals surface area contributed by atoms with Crippen LogP contribution >= 0.6 is 15.9 Å². The lowest BCUT2D eigenvalue weighted by Gasteiger charge is -2.10. The van der Waals surface area contributed by atoms with E-state index in [0.717, 1.165) is 22.2 Å². The Labute approximate surface area is 138 Å². The molecular weight excluding hydrogens is 338 g/mol. The van der Waals surface area contributed by atoms with Gasteiger partial charge in [0.15, 0.2) is 0 Å². The highest BCUT2D eigenvalue weighted by molar-refractivity contribution is 9.10. The Balaban J connectivity index is 1.95. The number of nitriles is 1. The second kappa shape index (κ2) is 5.30. The molecule has 1 aliphatic carbocycles. The third-order valence-electron chi connectivity index (χ3n) is 4.33. The summed E-state index contributed by atoms with van der Waals surface area (Å²) in [5.41, 5.74) is 6.25. The Bertz CT molecular complexity index is 832. The lowest BCUT2D eigenvalue weighted by molar-refractivity contribution is 0.307. The van der Waals surface area contributed by atoms with Gasteiger partial charge in [-0.3, -0.25) is 0 Å². The summed E-state index contributed by atoms with van der Waals surface area (Å²) in [4.78, 5) is 0. The minimum atomic E-state index is 0.405. The molecule has 0 bridgehead atoms. The van der Waals surface area contributed by atoms with E-state index in [2.05, 4.69) is 46.3 Å². The molecule has 0 spiro atoms. The van der Waals surface area contributed by atoms with Crippen molar-refractivity contribution in [1.29, 1.82) is 5.26 Å². The fourth-order valence-electron chi connectivity index (χ4n) is 3.19. The first-order valence-electron chi connectivity index (χ1n) is 7.39. The molecule has 0 saturated heterocycles. The third-order valence-corrected chi connectivity index (χ3v) is 4.83. The van der Waals surface area contributed by atoms with Crippen molar-refractivity contribution < 1.29 is 4.74 Å². The average Bonchev–Trinajstić information content (AvgIpc) is 3.29. The molecule has 4 rings (SSSR count). The van der Waals surface area contributed by atoms with E-state index >= 15 is 0 Å². The zero-order chi connectivity index (χ0) is 15.1. The number of fused-ring (bicyclic) bond motifs is 2. The first-order chi connectivity index (χ1) is 10.8. The van der Waals surface area contributed by atoms with Gasteiger partial charge in [-0.15, -0.1) is 0 Å². The number of hydrogen-bond donors (Lipinski definition) is 0. The molecule has 2 aliphatic rings. The van der Waals surface area contributed by atoms with E-state index in [1.807, 2.05) is 18.2 Å². The van der Waals surface area contributed by atoms with Crippen LogP contribution in [-0.4, -0.2) is 0 Å². The number of benzene rings is 2. The van der Waals surface area contributed by atoms with E-state index in [-0.39, 0.29) is 0 Å². The summed E-state index contributed by atoms with van der Waals surface area (Å²) in [6.07, 6.45) is 1.63. The number of allylic oxidation sites excluding steroid dienone is 1. The van der Waals surface area contributed by atoms with E-state index in [0.29, 0.717) is 18.9 Å². The molecule has 2 nitrogen and oxygen atoms in total. The highest BCUT2D eigenvalue weighted by atomic mass is 79.9. The van der Waals surface area contributed by atoms with Gasteiger partial charge in [0, 0.05) is 16.5 Å². The van der Waals surface area contributed by atoms with Crippen LogP contribution in [0.25, 0.3) is 5.57 Å². The SMILES string of the molecule is N#CCC1C/C1=C1\c2ccc(Br)cc2COc2ccccc21. The lowest BCUT2D eigenvalue weighted by atomic mass is 9.93. The first kappa shape index (κ1) is 13.6. The van der Waals surface area contributed by atoms with Crippen molar-refractivity contribution in [3.05, 3.63) is 69.2 Å². The van der Waals surface area contributed by atoms with Gasteiger partial charge in [0.2, 0.25) is 0 Å². The smallest absolute Gasteiger partial charge is 0.127 e. The van der Waals surface area contributed by atoms with Gasteiger partial charge in [-0.2, -0.15) is 5.26 Å². The second-order valence-electron chi connectivity index (χ2n) is 5.75. The third kappa shape index (κ3) is 2.24. The Hall–Kier alpha value is -2.05. The molecule has 0 aromatic heterocycles. The molecule has 22 heavy (non-hydrogen) atoms. The highest BCUT2D eigenvalue weighted by Gasteiger charge is 2.35. The van der Waals surface area contributed by atoms with Crippen LogP contribution in [-0.2, 0) is 6.61 Å². The molecule has 1 unspecified atom stereocenters. The van der Waals surface area contributed by atoms with Crippen LogP contribution in [0, 0.1) is 17.2 Å². The fourth-order valence-corrected chi connectivity index (χ4v) is 3.60. The maximum absolute atomic E-state index is 8.97. The molecule has 2 aromatic carbocycles. The van der Waals surface area contributed by atoms with E-state index in [9.17, 15) is 0 Å². The minimum absolute atomic E-state index is 0.405. The summed E-state index contributed by atoms with van der Waals surface area (Å²) in [5, 5.41) is 8.97. The maximum atomic E-state index is 8.97. The number of halogens is 1. The predicted octanol–water partition coefficient (Wildman–Crippen LogP) is 5.08. The molecule has 1 atom stereocenters. The van der Waals surface area contributed by atoms with Crippen molar-refractivity contribution in [2.75, 3.05) is 0 Å². The standard InChI is InChI=1S/C19H14BrNO/c20-14-5-6-15-13(9-14)11-22-18-4-2-1-3-16(18)19(15)17-10-12(17)7-8-21/h1-6,9,12H,7,10-11H2/b19-17-. The Morgan fingerprint density at radius 2 is 2.05 bits per heavy atom. The Morgan fingerprint density at radius 3 is 2.91 bits per heavy atom. The molecular formula is C19H14BrNO. The summed E-state index contributed by atoms with van der Waals surface area (Å²) in [6.45, 7) is 0.575. The average molecular weight is 352 g/mol. The molecule has 108 valence electrons. The summed E-state index contributed by atoms with van der Waals surface area (Å²) < 4.78 is 7.08. The van der Waals surface area contributed by atoms with Crippen molar-refractivity contribution in [2.24, 2.45) is 5.92 Å². The molecule has 1 fully saturated rings. The highest BCUT2D eigenvalue weighted by Crippen LogP contribution is 2.50. The molecule has 1 saturated carbocycles. The normalized spacial score (nSPS) is 21.9. The molecule has 1 heterocycles. The lowest BCUT2D eigenvalue weighted by Crippen LogP contribution is -1.95. The molecule has 1 aliphatic heterocycles. The topological polar surface area (TPSA) is 33.0 Å². The summed E-state index contributed by atoms with van der Waals surface area (Å²) in [5.74, 6) is 1.34. The predicted molar refractivity (Wildman–Crippen MR) is 89.3 cm³/mol. The summed E-state index contributed by atoms with van der Waals surface area (Å²) in [7, 11) is 0. The fraction of sp³-hybridized carbons (Fsp3) is 0.211. The molecule has 2 aromatic rings. The quantitative estimate of drug-likeness (QED) is 0.717. The maximum Gasteiger partial charge on any atom is 0.127 e. The first-order valence-corrected chi connectivity index (χ1v) is 8.18. The van der Waals surface area contributed by atoms with Crippen LogP contribution in [0.1, 0.15) is 29.5 Å². The Morgan fingerprint density at radius 1 is 1.18 bits per heavy atom. The molecule has 0 radical (unpaired) electrons. The van der Waals surface area contributed by atoms with Crippen LogP contribution in [0.5, 0.6) is 5.75 Å². The van der Waals surface area contributed by atoms with Gasteiger partial charge in [-0.05, 0) is 47.2 Å². The second-order valence-corrected chi connectivity index (χ2v) is 6.67. The number of hydrogen-bond acceptors (Lipinski definition) is 2. The van der Waals surface area contributed by atoms with Gasteiger partial charge in [0.05, 0.1) is 6.07 Å². The van der Waals surface area contributed by atoms with Crippen molar-refractivity contribution in [3.8, 4) is 11.8 Å². The van der Waals surface area contributed by atoms with Crippen molar-refractivity contribution in [3.63, 3.8) is 0 Å². The number of rotatable bonds is 1. The summed E-state index contributed by atoms with van der Waals surface area (Å²) >= 11 is 3.55. The minimum Gasteiger partial charge on any atom is -0.488 e. The van der Waals surface area contributed by atoms with Crippen molar-refractivity contribution in [2.45, 2.75) is 19.4 Å². The zero-order valence-electron chi connectivity index (χ0n) is 12.0. The number of nitrogens with zero attached hydrogens (tertiary/aromatic N) is 1. The van der Waals surface area contributed by atoms with Crippen LogP contribution in [0.4, 0.5) is 0 Å². The molecule has 0 amide bonds. The van der Waals surface area contributed by atoms with Crippen LogP contribution < -0.4 is 4.74 Å². The van der Waals surface area contributed by atoms with Crippen LogP contribution in [0.2, 0.25) is 0 Å². The molecule has 0 N–H and O–H groups in total. The van der Waals surface area contributed by atoms with Gasteiger partial charge in [-0.1, -0.05) is 45.8 Å². The van der Waals surface area contributed by atoms with E-state index in [4.69, 9.17) is 10.00 Å². The van der Waals surface area contributed by atoms with E-state index < -0.39 is 0 Å².